The number of para-hydroxylation sites is 1. The third-order valence-electron chi connectivity index (χ3n) is 2.91. The molecule has 0 aliphatic rings. The Hall–Kier alpha value is -1.75. The van der Waals surface area contributed by atoms with Crippen molar-refractivity contribution in [2.45, 2.75) is 20.3 Å². The quantitative estimate of drug-likeness (QED) is 0.661. The van der Waals surface area contributed by atoms with Crippen LogP contribution >= 0.6 is 11.6 Å². The van der Waals surface area contributed by atoms with Crippen molar-refractivity contribution >= 4 is 29.3 Å². The van der Waals surface area contributed by atoms with Crippen molar-refractivity contribution in [3.63, 3.8) is 0 Å². The van der Waals surface area contributed by atoms with Crippen LogP contribution in [0.4, 0.5) is 10.5 Å². The number of hydrogen-bond acceptors (Lipinski definition) is 2. The lowest BCUT2D eigenvalue weighted by atomic mass is 10.1. The first-order valence-electron chi connectivity index (χ1n) is 6.10. The van der Waals surface area contributed by atoms with E-state index in [9.17, 15) is 4.79 Å². The van der Waals surface area contributed by atoms with Gasteiger partial charge in [0.2, 0.25) is 0 Å². The van der Waals surface area contributed by atoms with Crippen molar-refractivity contribution in [1.29, 1.82) is 5.41 Å². The number of amides is 2. The fourth-order valence-corrected chi connectivity index (χ4v) is 2.23. The molecule has 0 saturated carbocycles. The lowest BCUT2D eigenvalue weighted by Gasteiger charge is -2.27. The van der Waals surface area contributed by atoms with Crippen molar-refractivity contribution < 1.29 is 4.79 Å². The molecule has 19 heavy (non-hydrogen) atoms. The van der Waals surface area contributed by atoms with E-state index in [-0.39, 0.29) is 12.0 Å². The van der Waals surface area contributed by atoms with E-state index in [4.69, 9.17) is 22.7 Å². The van der Waals surface area contributed by atoms with Gasteiger partial charge in [-0.1, -0.05) is 30.7 Å². The SMILES string of the molecule is CCc1cccc(Cl)c1N(C)C(=O)N(CC)C(=N)N. The normalized spacial score (nSPS) is 10.1. The molecular weight excluding hydrogens is 264 g/mol. The third kappa shape index (κ3) is 3.17. The van der Waals surface area contributed by atoms with Gasteiger partial charge in [-0.2, -0.15) is 0 Å². The van der Waals surface area contributed by atoms with Gasteiger partial charge in [0.25, 0.3) is 0 Å². The van der Waals surface area contributed by atoms with Gasteiger partial charge in [0, 0.05) is 13.6 Å². The number of anilines is 1. The maximum absolute atomic E-state index is 12.3. The molecule has 2 amide bonds. The van der Waals surface area contributed by atoms with Crippen LogP contribution in [0.5, 0.6) is 0 Å². The maximum Gasteiger partial charge on any atom is 0.331 e. The molecule has 0 aliphatic carbocycles. The molecular formula is C13H19ClN4O. The summed E-state index contributed by atoms with van der Waals surface area (Å²) in [7, 11) is 1.63. The summed E-state index contributed by atoms with van der Waals surface area (Å²) in [6.07, 6.45) is 0.764. The average Bonchev–Trinajstić information content (AvgIpc) is 2.37. The summed E-state index contributed by atoms with van der Waals surface area (Å²) in [6, 6.07) is 5.16. The fourth-order valence-electron chi connectivity index (χ4n) is 1.91. The minimum atomic E-state index is -0.363. The highest BCUT2D eigenvalue weighted by molar-refractivity contribution is 6.34. The van der Waals surface area contributed by atoms with Gasteiger partial charge in [-0.05, 0) is 25.0 Å². The van der Waals surface area contributed by atoms with Crippen LogP contribution in [0.25, 0.3) is 0 Å². The van der Waals surface area contributed by atoms with Gasteiger partial charge in [0.15, 0.2) is 5.96 Å². The van der Waals surface area contributed by atoms with Crippen LogP contribution in [0.3, 0.4) is 0 Å². The van der Waals surface area contributed by atoms with Gasteiger partial charge in [0.05, 0.1) is 10.7 Å². The second-order valence-corrected chi connectivity index (χ2v) is 4.48. The Balaban J connectivity index is 3.16. The Labute approximate surface area is 118 Å². The van der Waals surface area contributed by atoms with Crippen LogP contribution in [0.1, 0.15) is 19.4 Å². The number of carbonyl (C=O) groups excluding carboxylic acids is 1. The number of aryl methyl sites for hydroxylation is 1. The van der Waals surface area contributed by atoms with Gasteiger partial charge in [-0.25, -0.2) is 4.79 Å². The van der Waals surface area contributed by atoms with Gasteiger partial charge in [-0.3, -0.25) is 15.2 Å². The molecule has 3 N–H and O–H groups in total. The Morgan fingerprint density at radius 3 is 2.53 bits per heavy atom. The molecule has 0 heterocycles. The molecule has 0 bridgehead atoms. The van der Waals surface area contributed by atoms with Gasteiger partial charge in [-0.15, -0.1) is 0 Å². The van der Waals surface area contributed by atoms with Gasteiger partial charge < -0.3 is 5.73 Å². The molecule has 1 rings (SSSR count). The molecule has 0 unspecified atom stereocenters. The second-order valence-electron chi connectivity index (χ2n) is 4.07. The monoisotopic (exact) mass is 282 g/mol. The van der Waals surface area contributed by atoms with E-state index in [1.807, 2.05) is 19.1 Å². The maximum atomic E-state index is 12.3. The summed E-state index contributed by atoms with van der Waals surface area (Å²) in [5.74, 6) is -0.274. The number of nitrogens with one attached hydrogen (secondary N) is 1. The highest BCUT2D eigenvalue weighted by Gasteiger charge is 2.23. The highest BCUT2D eigenvalue weighted by atomic mass is 35.5. The molecule has 1 aromatic rings. The van der Waals surface area contributed by atoms with Gasteiger partial charge >= 0.3 is 6.03 Å². The van der Waals surface area contributed by atoms with Crippen LogP contribution < -0.4 is 10.6 Å². The standard InChI is InChI=1S/C13H19ClN4O/c1-4-9-7-6-8-10(14)11(9)17(3)13(19)18(5-2)12(15)16/h6-8H,4-5H2,1-3H3,(H3,15,16). The molecule has 0 aromatic heterocycles. The molecule has 0 radical (unpaired) electrons. The van der Waals surface area contributed by atoms with Crippen molar-refractivity contribution in [2.75, 3.05) is 18.5 Å². The van der Waals surface area contributed by atoms with E-state index >= 15 is 0 Å². The number of urea groups is 1. The van der Waals surface area contributed by atoms with Crippen LogP contribution in [0, 0.1) is 5.41 Å². The Bertz CT molecular complexity index is 490. The van der Waals surface area contributed by atoms with Crippen molar-refractivity contribution in [3.8, 4) is 0 Å². The zero-order chi connectivity index (χ0) is 14.6. The van der Waals surface area contributed by atoms with E-state index in [1.165, 1.54) is 9.80 Å². The minimum Gasteiger partial charge on any atom is -0.370 e. The predicted octanol–water partition coefficient (Wildman–Crippen LogP) is 2.67. The lowest BCUT2D eigenvalue weighted by molar-refractivity contribution is 0.229. The number of carbonyl (C=O) groups is 1. The van der Waals surface area contributed by atoms with Crippen molar-refractivity contribution in [2.24, 2.45) is 5.73 Å². The smallest absolute Gasteiger partial charge is 0.331 e. The predicted molar refractivity (Wildman–Crippen MR) is 78.9 cm³/mol. The fraction of sp³-hybridized carbons (Fsp3) is 0.385. The number of rotatable bonds is 3. The van der Waals surface area contributed by atoms with Crippen LogP contribution in [-0.2, 0) is 6.42 Å². The van der Waals surface area contributed by atoms with Crippen molar-refractivity contribution in [3.05, 3.63) is 28.8 Å². The molecule has 0 fully saturated rings. The minimum absolute atomic E-state index is 0.274. The summed E-state index contributed by atoms with van der Waals surface area (Å²) in [4.78, 5) is 14.9. The number of benzene rings is 1. The third-order valence-corrected chi connectivity index (χ3v) is 3.22. The summed E-state index contributed by atoms with van der Waals surface area (Å²) in [5, 5.41) is 7.92. The zero-order valence-electron chi connectivity index (χ0n) is 11.4. The van der Waals surface area contributed by atoms with Crippen molar-refractivity contribution in [1.82, 2.24) is 4.90 Å². The highest BCUT2D eigenvalue weighted by Crippen LogP contribution is 2.30. The van der Waals surface area contributed by atoms with E-state index in [1.54, 1.807) is 20.0 Å². The zero-order valence-corrected chi connectivity index (χ0v) is 12.2. The molecule has 5 nitrogen and oxygen atoms in total. The lowest BCUT2D eigenvalue weighted by Crippen LogP contribution is -2.47. The Morgan fingerprint density at radius 2 is 2.05 bits per heavy atom. The van der Waals surface area contributed by atoms with E-state index in [2.05, 4.69) is 0 Å². The van der Waals surface area contributed by atoms with Gasteiger partial charge in [0.1, 0.15) is 0 Å². The first-order valence-corrected chi connectivity index (χ1v) is 6.48. The number of halogens is 1. The first-order chi connectivity index (χ1) is 8.93. The number of nitrogens with zero attached hydrogens (tertiary/aromatic N) is 2. The summed E-state index contributed by atoms with van der Waals surface area (Å²) in [5.41, 5.74) is 7.04. The van der Waals surface area contributed by atoms with Crippen LogP contribution in [0.2, 0.25) is 5.02 Å². The molecule has 0 aliphatic heterocycles. The summed E-state index contributed by atoms with van der Waals surface area (Å²) >= 11 is 6.18. The van der Waals surface area contributed by atoms with Crippen LogP contribution in [0.15, 0.2) is 18.2 Å². The topological polar surface area (TPSA) is 73.4 Å². The van der Waals surface area contributed by atoms with E-state index in [0.29, 0.717) is 17.3 Å². The van der Waals surface area contributed by atoms with E-state index in [0.717, 1.165) is 12.0 Å². The summed E-state index contributed by atoms with van der Waals surface area (Å²) < 4.78 is 0. The average molecular weight is 283 g/mol. The van der Waals surface area contributed by atoms with Crippen LogP contribution in [-0.4, -0.2) is 30.5 Å². The first kappa shape index (κ1) is 15.3. The Kier molecular flexibility index (Phi) is 5.18. The number of guanidine groups is 1. The molecule has 1 aromatic carbocycles. The largest absolute Gasteiger partial charge is 0.370 e. The second kappa shape index (κ2) is 6.43. The Morgan fingerprint density at radius 1 is 1.42 bits per heavy atom. The molecule has 0 atom stereocenters. The molecule has 0 saturated heterocycles. The molecule has 6 heteroatoms. The molecule has 0 spiro atoms. The molecule has 104 valence electrons. The number of hydrogen-bond donors (Lipinski definition) is 2. The van der Waals surface area contributed by atoms with E-state index < -0.39 is 0 Å². The number of nitrogens with two attached hydrogens (primary N) is 1. The summed E-state index contributed by atoms with van der Waals surface area (Å²) in [6.45, 7) is 4.10.